The zero-order chi connectivity index (χ0) is 13.7. The van der Waals surface area contributed by atoms with Crippen LogP contribution in [0.15, 0.2) is 16.6 Å². The van der Waals surface area contributed by atoms with E-state index in [0.29, 0.717) is 10.9 Å². The standard InChI is InChI=1S/C12H16BrFN2O2/c1-2-3-7(17)6-16-12(18)8-4-11(15)10(14)5-9(8)13/h4-5,7,17H,2-3,6,15H2,1H3,(H,16,18). The normalized spacial score (nSPS) is 12.2. The van der Waals surface area contributed by atoms with Crippen molar-refractivity contribution in [1.29, 1.82) is 0 Å². The Morgan fingerprint density at radius 2 is 2.28 bits per heavy atom. The summed E-state index contributed by atoms with van der Waals surface area (Å²) in [5, 5.41) is 12.1. The number of aliphatic hydroxyl groups excluding tert-OH is 1. The van der Waals surface area contributed by atoms with E-state index in [0.717, 1.165) is 12.5 Å². The van der Waals surface area contributed by atoms with Crippen LogP contribution >= 0.6 is 15.9 Å². The Morgan fingerprint density at radius 3 is 2.89 bits per heavy atom. The highest BCUT2D eigenvalue weighted by molar-refractivity contribution is 9.10. The van der Waals surface area contributed by atoms with Crippen LogP contribution < -0.4 is 11.1 Å². The third-order valence-corrected chi connectivity index (χ3v) is 3.11. The van der Waals surface area contributed by atoms with Crippen LogP contribution in [0.25, 0.3) is 0 Å². The lowest BCUT2D eigenvalue weighted by Gasteiger charge is -2.12. The monoisotopic (exact) mass is 318 g/mol. The lowest BCUT2D eigenvalue weighted by atomic mass is 10.1. The van der Waals surface area contributed by atoms with Gasteiger partial charge < -0.3 is 16.2 Å². The number of aliphatic hydroxyl groups is 1. The van der Waals surface area contributed by atoms with E-state index >= 15 is 0 Å². The maximum absolute atomic E-state index is 13.1. The number of anilines is 1. The molecule has 0 saturated carbocycles. The third kappa shape index (κ3) is 3.96. The van der Waals surface area contributed by atoms with Crippen LogP contribution in [-0.4, -0.2) is 23.7 Å². The van der Waals surface area contributed by atoms with Crippen LogP contribution in [-0.2, 0) is 0 Å². The van der Waals surface area contributed by atoms with Crippen molar-refractivity contribution in [2.24, 2.45) is 0 Å². The average molecular weight is 319 g/mol. The van der Waals surface area contributed by atoms with Gasteiger partial charge in [0.25, 0.3) is 5.91 Å². The van der Waals surface area contributed by atoms with E-state index in [1.165, 1.54) is 6.07 Å². The van der Waals surface area contributed by atoms with Crippen molar-refractivity contribution in [1.82, 2.24) is 5.32 Å². The molecule has 100 valence electrons. The van der Waals surface area contributed by atoms with E-state index in [9.17, 15) is 14.3 Å². The topological polar surface area (TPSA) is 75.3 Å². The molecule has 1 unspecified atom stereocenters. The predicted molar refractivity (Wildman–Crippen MR) is 71.8 cm³/mol. The molecule has 0 saturated heterocycles. The fourth-order valence-corrected chi connectivity index (χ4v) is 1.98. The van der Waals surface area contributed by atoms with Gasteiger partial charge in [-0.15, -0.1) is 0 Å². The second-order valence-corrected chi connectivity index (χ2v) is 4.86. The lowest BCUT2D eigenvalue weighted by molar-refractivity contribution is 0.0909. The molecule has 0 aliphatic heterocycles. The molecule has 4 N–H and O–H groups in total. The molecule has 18 heavy (non-hydrogen) atoms. The minimum Gasteiger partial charge on any atom is -0.396 e. The molecule has 1 aromatic rings. The van der Waals surface area contributed by atoms with E-state index in [-0.39, 0.29) is 17.8 Å². The maximum Gasteiger partial charge on any atom is 0.252 e. The van der Waals surface area contributed by atoms with Crippen LogP contribution in [0, 0.1) is 5.82 Å². The van der Waals surface area contributed by atoms with Gasteiger partial charge in [-0.05, 0) is 34.5 Å². The maximum atomic E-state index is 13.1. The van der Waals surface area contributed by atoms with Crippen LogP contribution in [0.1, 0.15) is 30.1 Å². The highest BCUT2D eigenvalue weighted by atomic mass is 79.9. The molecule has 0 aliphatic rings. The molecular formula is C12H16BrFN2O2. The van der Waals surface area contributed by atoms with Crippen LogP contribution in [0.4, 0.5) is 10.1 Å². The molecule has 0 fully saturated rings. The summed E-state index contributed by atoms with van der Waals surface area (Å²) in [5.41, 5.74) is 5.57. The number of nitrogens with one attached hydrogen (secondary N) is 1. The highest BCUT2D eigenvalue weighted by Gasteiger charge is 2.14. The SMILES string of the molecule is CCCC(O)CNC(=O)c1cc(N)c(F)cc1Br. The molecule has 0 aromatic heterocycles. The molecule has 1 rings (SSSR count). The number of nitrogen functional groups attached to an aromatic ring is 1. The quantitative estimate of drug-likeness (QED) is 0.727. The Morgan fingerprint density at radius 1 is 1.61 bits per heavy atom. The Hall–Kier alpha value is -1.14. The highest BCUT2D eigenvalue weighted by Crippen LogP contribution is 2.22. The Labute approximate surface area is 113 Å². The Balaban J connectivity index is 2.70. The van der Waals surface area contributed by atoms with Crippen molar-refractivity contribution in [3.05, 3.63) is 28.0 Å². The fraction of sp³-hybridized carbons (Fsp3) is 0.417. The molecule has 0 spiro atoms. The van der Waals surface area contributed by atoms with Gasteiger partial charge >= 0.3 is 0 Å². The van der Waals surface area contributed by atoms with E-state index in [4.69, 9.17) is 5.73 Å². The number of amides is 1. The van der Waals surface area contributed by atoms with Crippen molar-refractivity contribution in [3.63, 3.8) is 0 Å². The number of rotatable bonds is 5. The lowest BCUT2D eigenvalue weighted by Crippen LogP contribution is -2.32. The molecule has 1 amide bonds. The average Bonchev–Trinajstić information content (AvgIpc) is 2.31. The first kappa shape index (κ1) is 14.9. The molecular weight excluding hydrogens is 303 g/mol. The second kappa shape index (κ2) is 6.70. The first-order valence-corrected chi connectivity index (χ1v) is 6.45. The van der Waals surface area contributed by atoms with E-state index in [1.807, 2.05) is 6.92 Å². The van der Waals surface area contributed by atoms with Gasteiger partial charge in [0, 0.05) is 11.0 Å². The van der Waals surface area contributed by atoms with Gasteiger partial charge in [-0.1, -0.05) is 13.3 Å². The van der Waals surface area contributed by atoms with E-state index < -0.39 is 17.8 Å². The summed E-state index contributed by atoms with van der Waals surface area (Å²) in [7, 11) is 0. The van der Waals surface area contributed by atoms with Gasteiger partial charge in [0.2, 0.25) is 0 Å². The van der Waals surface area contributed by atoms with Crippen molar-refractivity contribution in [3.8, 4) is 0 Å². The van der Waals surface area contributed by atoms with Crippen molar-refractivity contribution < 1.29 is 14.3 Å². The molecule has 0 heterocycles. The Bertz CT molecular complexity index is 440. The van der Waals surface area contributed by atoms with Gasteiger partial charge in [-0.3, -0.25) is 4.79 Å². The van der Waals surface area contributed by atoms with Crippen molar-refractivity contribution in [2.75, 3.05) is 12.3 Å². The first-order valence-electron chi connectivity index (χ1n) is 5.66. The molecule has 0 radical (unpaired) electrons. The molecule has 1 atom stereocenters. The Kier molecular flexibility index (Phi) is 5.55. The smallest absolute Gasteiger partial charge is 0.252 e. The molecule has 1 aromatic carbocycles. The van der Waals surface area contributed by atoms with Crippen LogP contribution in [0.2, 0.25) is 0 Å². The molecule has 0 aliphatic carbocycles. The minimum absolute atomic E-state index is 0.0857. The summed E-state index contributed by atoms with van der Waals surface area (Å²) in [6.07, 6.45) is 0.882. The first-order chi connectivity index (χ1) is 8.45. The van der Waals surface area contributed by atoms with Crippen LogP contribution in [0.5, 0.6) is 0 Å². The summed E-state index contributed by atoms with van der Waals surface area (Å²) in [5.74, 6) is -0.979. The summed E-state index contributed by atoms with van der Waals surface area (Å²) in [6, 6.07) is 2.41. The number of hydrogen-bond acceptors (Lipinski definition) is 3. The molecule has 6 heteroatoms. The summed E-state index contributed by atoms with van der Waals surface area (Å²) in [4.78, 5) is 11.8. The number of carbonyl (C=O) groups is 1. The summed E-state index contributed by atoms with van der Waals surface area (Å²) >= 11 is 3.10. The number of carbonyl (C=O) groups excluding carboxylic acids is 1. The van der Waals surface area contributed by atoms with E-state index in [2.05, 4.69) is 21.2 Å². The van der Waals surface area contributed by atoms with Gasteiger partial charge in [-0.2, -0.15) is 0 Å². The largest absolute Gasteiger partial charge is 0.396 e. The van der Waals surface area contributed by atoms with Gasteiger partial charge in [-0.25, -0.2) is 4.39 Å². The summed E-state index contributed by atoms with van der Waals surface area (Å²) < 4.78 is 13.4. The van der Waals surface area contributed by atoms with Gasteiger partial charge in [0.15, 0.2) is 0 Å². The minimum atomic E-state index is -0.579. The van der Waals surface area contributed by atoms with Crippen molar-refractivity contribution >= 4 is 27.5 Å². The molecule has 4 nitrogen and oxygen atoms in total. The van der Waals surface area contributed by atoms with Gasteiger partial charge in [0.05, 0.1) is 17.4 Å². The fourth-order valence-electron chi connectivity index (χ4n) is 1.48. The van der Waals surface area contributed by atoms with E-state index in [1.54, 1.807) is 0 Å². The van der Waals surface area contributed by atoms with Gasteiger partial charge in [0.1, 0.15) is 5.82 Å². The zero-order valence-electron chi connectivity index (χ0n) is 10.0. The number of benzene rings is 1. The third-order valence-electron chi connectivity index (χ3n) is 2.45. The van der Waals surface area contributed by atoms with Crippen molar-refractivity contribution in [2.45, 2.75) is 25.9 Å². The zero-order valence-corrected chi connectivity index (χ0v) is 11.6. The summed E-state index contributed by atoms with van der Waals surface area (Å²) in [6.45, 7) is 2.11. The van der Waals surface area contributed by atoms with Crippen LogP contribution in [0.3, 0.4) is 0 Å². The second-order valence-electron chi connectivity index (χ2n) is 4.01. The number of halogens is 2. The predicted octanol–water partition coefficient (Wildman–Crippen LogP) is 2.06. The number of hydrogen-bond donors (Lipinski definition) is 3. The molecule has 0 bridgehead atoms. The number of nitrogens with two attached hydrogens (primary N) is 1.